The molecule has 1 aromatic rings. The molecule has 0 bridgehead atoms. The molecule has 2 atom stereocenters. The number of hydrogen-bond donors (Lipinski definition) is 1. The van der Waals surface area contributed by atoms with E-state index in [1.165, 1.54) is 0 Å². The van der Waals surface area contributed by atoms with Crippen LogP contribution in [-0.4, -0.2) is 62.7 Å². The number of nitrogens with zero attached hydrogens (tertiary/aromatic N) is 2. The van der Waals surface area contributed by atoms with Crippen molar-refractivity contribution in [1.29, 1.82) is 0 Å². The summed E-state index contributed by atoms with van der Waals surface area (Å²) in [6.07, 6.45) is 0.377. The van der Waals surface area contributed by atoms with Crippen LogP contribution in [0.3, 0.4) is 0 Å². The Balaban J connectivity index is 2.22. The van der Waals surface area contributed by atoms with E-state index < -0.39 is 0 Å². The molecule has 1 aliphatic rings. The van der Waals surface area contributed by atoms with Crippen LogP contribution in [0.15, 0.2) is 18.2 Å². The molecular formula is C17H27N3O3. The molecule has 1 aliphatic heterocycles. The summed E-state index contributed by atoms with van der Waals surface area (Å²) in [5.41, 5.74) is 6.57. The first-order valence-corrected chi connectivity index (χ1v) is 7.90. The average molecular weight is 321 g/mol. The summed E-state index contributed by atoms with van der Waals surface area (Å²) in [4.78, 5) is 16.0. The number of benzene rings is 1. The third kappa shape index (κ3) is 4.14. The minimum Gasteiger partial charge on any atom is -0.493 e. The van der Waals surface area contributed by atoms with E-state index in [9.17, 15) is 4.79 Å². The zero-order valence-electron chi connectivity index (χ0n) is 14.4. The highest BCUT2D eigenvalue weighted by Gasteiger charge is 2.30. The van der Waals surface area contributed by atoms with Gasteiger partial charge in [-0.2, -0.15) is 0 Å². The highest BCUT2D eigenvalue weighted by molar-refractivity contribution is 5.74. The highest BCUT2D eigenvalue weighted by atomic mass is 16.5. The average Bonchev–Trinajstić information content (AvgIpc) is 2.53. The van der Waals surface area contributed by atoms with Crippen molar-refractivity contribution in [2.24, 2.45) is 5.73 Å². The van der Waals surface area contributed by atoms with E-state index in [-0.39, 0.29) is 18.0 Å². The van der Waals surface area contributed by atoms with Gasteiger partial charge in [-0.3, -0.25) is 9.69 Å². The van der Waals surface area contributed by atoms with Crippen LogP contribution in [-0.2, 0) is 4.79 Å². The first-order valence-electron chi connectivity index (χ1n) is 7.90. The number of piperazine rings is 1. The lowest BCUT2D eigenvalue weighted by atomic mass is 10.0. The summed E-state index contributed by atoms with van der Waals surface area (Å²) in [5, 5.41) is 0. The van der Waals surface area contributed by atoms with Crippen molar-refractivity contribution in [3.8, 4) is 11.5 Å². The number of methoxy groups -OCH3 is 2. The normalized spacial score (nSPS) is 21.0. The zero-order chi connectivity index (χ0) is 17.0. The molecule has 0 radical (unpaired) electrons. The fourth-order valence-corrected chi connectivity index (χ4v) is 3.25. The highest BCUT2D eigenvalue weighted by Crippen LogP contribution is 2.33. The second-order valence-corrected chi connectivity index (χ2v) is 6.11. The SMILES string of the molecule is COc1ccc(C(C)N2CCN(C)CC2CC(N)=O)cc1OC. The molecule has 0 spiro atoms. The van der Waals surface area contributed by atoms with Crippen LogP contribution in [0.5, 0.6) is 11.5 Å². The number of ether oxygens (including phenoxy) is 2. The van der Waals surface area contributed by atoms with E-state index in [4.69, 9.17) is 15.2 Å². The Kier molecular flexibility index (Phi) is 5.85. The molecule has 128 valence electrons. The number of carbonyl (C=O) groups excluding carboxylic acids is 1. The second-order valence-electron chi connectivity index (χ2n) is 6.11. The van der Waals surface area contributed by atoms with Crippen molar-refractivity contribution in [2.45, 2.75) is 25.4 Å². The quantitative estimate of drug-likeness (QED) is 0.854. The van der Waals surface area contributed by atoms with Crippen LogP contribution in [0.4, 0.5) is 0 Å². The molecule has 2 rings (SSSR count). The molecule has 1 saturated heterocycles. The minimum atomic E-state index is -0.255. The van der Waals surface area contributed by atoms with Crippen LogP contribution in [0, 0.1) is 0 Å². The first-order chi connectivity index (χ1) is 11.0. The molecular weight excluding hydrogens is 294 g/mol. The summed E-state index contributed by atoms with van der Waals surface area (Å²) in [6, 6.07) is 6.28. The third-order valence-corrected chi connectivity index (χ3v) is 4.56. The van der Waals surface area contributed by atoms with Crippen LogP contribution < -0.4 is 15.2 Å². The summed E-state index contributed by atoms with van der Waals surface area (Å²) >= 11 is 0. The van der Waals surface area contributed by atoms with Gasteiger partial charge in [0.2, 0.25) is 5.91 Å². The monoisotopic (exact) mass is 321 g/mol. The van der Waals surface area contributed by atoms with Gasteiger partial charge in [0.1, 0.15) is 0 Å². The van der Waals surface area contributed by atoms with Gasteiger partial charge in [0.05, 0.1) is 14.2 Å². The first kappa shape index (κ1) is 17.6. The van der Waals surface area contributed by atoms with Gasteiger partial charge in [0, 0.05) is 38.1 Å². The summed E-state index contributed by atoms with van der Waals surface area (Å²) < 4.78 is 10.7. The van der Waals surface area contributed by atoms with Crippen LogP contribution in [0.2, 0.25) is 0 Å². The molecule has 2 unspecified atom stereocenters. The van der Waals surface area contributed by atoms with Crippen molar-refractivity contribution in [1.82, 2.24) is 9.80 Å². The van der Waals surface area contributed by atoms with E-state index in [0.717, 1.165) is 36.7 Å². The Morgan fingerprint density at radius 3 is 2.61 bits per heavy atom. The molecule has 1 amide bonds. The van der Waals surface area contributed by atoms with E-state index in [2.05, 4.69) is 23.8 Å². The standard InChI is InChI=1S/C17H27N3O3/c1-12(13-5-6-15(22-3)16(9-13)23-4)20-8-7-19(2)11-14(20)10-17(18)21/h5-6,9,12,14H,7-8,10-11H2,1-4H3,(H2,18,21). The Labute approximate surface area is 138 Å². The van der Waals surface area contributed by atoms with Gasteiger partial charge in [-0.25, -0.2) is 0 Å². The summed E-state index contributed by atoms with van der Waals surface area (Å²) in [5.74, 6) is 1.18. The lowest BCUT2D eigenvalue weighted by molar-refractivity contribution is -0.120. The number of primary amides is 1. The molecule has 23 heavy (non-hydrogen) atoms. The van der Waals surface area contributed by atoms with Crippen LogP contribution >= 0.6 is 0 Å². The van der Waals surface area contributed by atoms with Crippen LogP contribution in [0.1, 0.15) is 24.9 Å². The summed E-state index contributed by atoms with van der Waals surface area (Å²) in [7, 11) is 5.34. The summed E-state index contributed by atoms with van der Waals surface area (Å²) in [6.45, 7) is 4.89. The molecule has 0 aromatic heterocycles. The minimum absolute atomic E-state index is 0.134. The third-order valence-electron chi connectivity index (χ3n) is 4.56. The van der Waals surface area contributed by atoms with E-state index in [0.29, 0.717) is 6.42 Å². The molecule has 1 aromatic carbocycles. The zero-order valence-corrected chi connectivity index (χ0v) is 14.4. The Bertz CT molecular complexity index is 550. The molecule has 2 N–H and O–H groups in total. The van der Waals surface area contributed by atoms with Gasteiger partial charge in [-0.05, 0) is 31.7 Å². The van der Waals surface area contributed by atoms with E-state index >= 15 is 0 Å². The Morgan fingerprint density at radius 1 is 1.30 bits per heavy atom. The van der Waals surface area contributed by atoms with E-state index in [1.807, 2.05) is 18.2 Å². The maximum absolute atomic E-state index is 11.4. The number of carbonyl (C=O) groups is 1. The molecule has 6 nitrogen and oxygen atoms in total. The van der Waals surface area contributed by atoms with Crippen molar-refractivity contribution in [2.75, 3.05) is 40.9 Å². The van der Waals surface area contributed by atoms with Crippen molar-refractivity contribution in [3.63, 3.8) is 0 Å². The van der Waals surface area contributed by atoms with Gasteiger partial charge >= 0.3 is 0 Å². The molecule has 6 heteroatoms. The van der Waals surface area contributed by atoms with Gasteiger partial charge in [0.15, 0.2) is 11.5 Å². The van der Waals surface area contributed by atoms with Crippen LogP contribution in [0.25, 0.3) is 0 Å². The molecule has 0 aliphatic carbocycles. The van der Waals surface area contributed by atoms with Crippen molar-refractivity contribution < 1.29 is 14.3 Å². The van der Waals surface area contributed by atoms with Gasteiger partial charge < -0.3 is 20.1 Å². The predicted octanol–water partition coefficient (Wildman–Crippen LogP) is 1.26. The molecule has 1 heterocycles. The fourth-order valence-electron chi connectivity index (χ4n) is 3.25. The molecule has 1 fully saturated rings. The lowest BCUT2D eigenvalue weighted by Crippen LogP contribution is -2.53. The maximum atomic E-state index is 11.4. The molecule has 0 saturated carbocycles. The van der Waals surface area contributed by atoms with Gasteiger partial charge in [-0.1, -0.05) is 6.07 Å². The Hall–Kier alpha value is -1.79. The van der Waals surface area contributed by atoms with Gasteiger partial charge in [-0.15, -0.1) is 0 Å². The van der Waals surface area contributed by atoms with Gasteiger partial charge in [0.25, 0.3) is 0 Å². The van der Waals surface area contributed by atoms with E-state index in [1.54, 1.807) is 14.2 Å². The number of rotatable bonds is 6. The fraction of sp³-hybridized carbons (Fsp3) is 0.588. The largest absolute Gasteiger partial charge is 0.493 e. The number of likely N-dealkylation sites (N-methyl/N-ethyl adjacent to an activating group) is 1. The van der Waals surface area contributed by atoms with Crippen molar-refractivity contribution >= 4 is 5.91 Å². The number of amides is 1. The predicted molar refractivity (Wildman–Crippen MR) is 89.8 cm³/mol. The maximum Gasteiger partial charge on any atom is 0.219 e. The number of nitrogens with two attached hydrogens (primary N) is 1. The Morgan fingerprint density at radius 2 is 2.00 bits per heavy atom. The van der Waals surface area contributed by atoms with Crippen molar-refractivity contribution in [3.05, 3.63) is 23.8 Å². The smallest absolute Gasteiger partial charge is 0.219 e. The second kappa shape index (κ2) is 7.66. The number of hydrogen-bond acceptors (Lipinski definition) is 5. The lowest BCUT2D eigenvalue weighted by Gasteiger charge is -2.43. The topological polar surface area (TPSA) is 68.0 Å².